The standard InChI is InChI=1S/C58H41NO/c1-57(40-15-5-3-6-16-40)51-22-12-9-19-45(51)47-33-30-43(36-53(47)57)59(42-28-25-38(26-29-42)39-27-32-50-49-21-11-14-24-55(49)60-56(50)35-39)44-31-34-48-46-20-10-13-23-52(46)58(2,54(48)37-44)41-17-7-4-8-18-41/h3-37H,1-2H3. The van der Waals surface area contributed by atoms with Crippen molar-refractivity contribution in [2.24, 2.45) is 0 Å². The van der Waals surface area contributed by atoms with Gasteiger partial charge < -0.3 is 9.32 Å². The van der Waals surface area contributed by atoms with Gasteiger partial charge in [-0.3, -0.25) is 0 Å². The van der Waals surface area contributed by atoms with E-state index in [0.717, 1.165) is 50.1 Å². The van der Waals surface area contributed by atoms with Gasteiger partial charge in [-0.05, 0) is 135 Å². The summed E-state index contributed by atoms with van der Waals surface area (Å²) in [7, 11) is 0. The van der Waals surface area contributed by atoms with Gasteiger partial charge in [-0.15, -0.1) is 0 Å². The second-order valence-corrected chi connectivity index (χ2v) is 16.7. The quantitative estimate of drug-likeness (QED) is 0.168. The maximum absolute atomic E-state index is 6.30. The monoisotopic (exact) mass is 767 g/mol. The second-order valence-electron chi connectivity index (χ2n) is 16.7. The SMILES string of the molecule is CC1(c2ccccc2)c2ccccc2-c2ccc(N(c3ccc(-c4ccc5c(c4)oc4ccccc45)cc3)c3ccc4c(c3)C(C)(c3ccccc3)c3ccccc3-4)cc21. The molecule has 2 aliphatic carbocycles. The van der Waals surface area contributed by atoms with Gasteiger partial charge in [0.2, 0.25) is 0 Å². The first-order valence-electron chi connectivity index (χ1n) is 20.9. The highest BCUT2D eigenvalue weighted by Crippen LogP contribution is 2.56. The van der Waals surface area contributed by atoms with E-state index < -0.39 is 0 Å². The molecule has 60 heavy (non-hydrogen) atoms. The molecule has 2 nitrogen and oxygen atoms in total. The fourth-order valence-electron chi connectivity index (χ4n) is 10.6. The van der Waals surface area contributed by atoms with Crippen molar-refractivity contribution in [2.75, 3.05) is 4.90 Å². The molecule has 0 amide bonds. The van der Waals surface area contributed by atoms with E-state index in [1.807, 2.05) is 12.1 Å². The van der Waals surface area contributed by atoms with Gasteiger partial charge in [0.05, 0.1) is 0 Å². The first kappa shape index (κ1) is 34.6. The molecule has 0 saturated carbocycles. The minimum Gasteiger partial charge on any atom is -0.456 e. The summed E-state index contributed by atoms with van der Waals surface area (Å²) in [6.07, 6.45) is 0. The van der Waals surface area contributed by atoms with Crippen LogP contribution in [-0.2, 0) is 10.8 Å². The molecule has 284 valence electrons. The van der Waals surface area contributed by atoms with Crippen LogP contribution in [0.25, 0.3) is 55.3 Å². The Morgan fingerprint density at radius 3 is 1.37 bits per heavy atom. The molecule has 2 aliphatic rings. The lowest BCUT2D eigenvalue weighted by Crippen LogP contribution is -2.23. The van der Waals surface area contributed by atoms with E-state index in [9.17, 15) is 0 Å². The highest BCUT2D eigenvalue weighted by atomic mass is 16.3. The number of rotatable bonds is 6. The molecule has 0 fully saturated rings. The van der Waals surface area contributed by atoms with Crippen LogP contribution in [0.5, 0.6) is 0 Å². The van der Waals surface area contributed by atoms with Gasteiger partial charge in [0, 0.05) is 38.7 Å². The molecular weight excluding hydrogens is 727 g/mol. The molecule has 0 N–H and O–H groups in total. The van der Waals surface area contributed by atoms with Gasteiger partial charge in [0.25, 0.3) is 0 Å². The molecule has 9 aromatic carbocycles. The second kappa shape index (κ2) is 13.0. The van der Waals surface area contributed by atoms with Crippen molar-refractivity contribution in [1.29, 1.82) is 0 Å². The topological polar surface area (TPSA) is 16.4 Å². The van der Waals surface area contributed by atoms with Crippen LogP contribution < -0.4 is 4.90 Å². The van der Waals surface area contributed by atoms with E-state index in [1.165, 1.54) is 55.6 Å². The molecular formula is C58H41NO. The van der Waals surface area contributed by atoms with Crippen molar-refractivity contribution in [1.82, 2.24) is 0 Å². The fourth-order valence-corrected chi connectivity index (χ4v) is 10.6. The Hall–Kier alpha value is -7.42. The van der Waals surface area contributed by atoms with E-state index in [0.29, 0.717) is 0 Å². The predicted octanol–water partition coefficient (Wildman–Crippen LogP) is 15.4. The highest BCUT2D eigenvalue weighted by molar-refractivity contribution is 6.06. The molecule has 2 atom stereocenters. The lowest BCUT2D eigenvalue weighted by atomic mass is 9.74. The molecule has 1 heterocycles. The number of benzene rings is 9. The van der Waals surface area contributed by atoms with E-state index in [2.05, 4.69) is 219 Å². The first-order chi connectivity index (χ1) is 29.5. The number of hydrogen-bond acceptors (Lipinski definition) is 2. The van der Waals surface area contributed by atoms with Gasteiger partial charge in [-0.25, -0.2) is 0 Å². The van der Waals surface area contributed by atoms with Crippen molar-refractivity contribution >= 4 is 39.0 Å². The largest absolute Gasteiger partial charge is 0.456 e. The van der Waals surface area contributed by atoms with Gasteiger partial charge >= 0.3 is 0 Å². The number of nitrogens with zero attached hydrogens (tertiary/aromatic N) is 1. The number of para-hydroxylation sites is 1. The summed E-state index contributed by atoms with van der Waals surface area (Å²) in [5, 5.41) is 2.28. The van der Waals surface area contributed by atoms with E-state index in [-0.39, 0.29) is 10.8 Å². The molecule has 10 aromatic rings. The van der Waals surface area contributed by atoms with Gasteiger partial charge in [-0.2, -0.15) is 0 Å². The summed E-state index contributed by atoms with van der Waals surface area (Å²) in [6.45, 7) is 4.79. The summed E-state index contributed by atoms with van der Waals surface area (Å²) in [5.74, 6) is 0. The number of furan rings is 1. The number of anilines is 3. The van der Waals surface area contributed by atoms with Crippen LogP contribution in [0.2, 0.25) is 0 Å². The van der Waals surface area contributed by atoms with Crippen LogP contribution in [-0.4, -0.2) is 0 Å². The zero-order chi connectivity index (χ0) is 40.0. The summed E-state index contributed by atoms with van der Waals surface area (Å²) in [5.41, 5.74) is 19.9. The van der Waals surface area contributed by atoms with Crippen molar-refractivity contribution in [3.63, 3.8) is 0 Å². The Labute approximate surface area is 350 Å². The molecule has 0 bridgehead atoms. The molecule has 0 aliphatic heterocycles. The Morgan fingerprint density at radius 1 is 0.333 bits per heavy atom. The van der Waals surface area contributed by atoms with Crippen LogP contribution >= 0.6 is 0 Å². The average Bonchev–Trinajstić information content (AvgIpc) is 3.91. The zero-order valence-corrected chi connectivity index (χ0v) is 33.6. The maximum atomic E-state index is 6.30. The third kappa shape index (κ3) is 4.94. The number of fused-ring (bicyclic) bond motifs is 9. The Kier molecular flexibility index (Phi) is 7.52. The highest BCUT2D eigenvalue weighted by Gasteiger charge is 2.43. The van der Waals surface area contributed by atoms with Crippen molar-refractivity contribution in [2.45, 2.75) is 24.7 Å². The average molecular weight is 768 g/mol. The lowest BCUT2D eigenvalue weighted by molar-refractivity contribution is 0.669. The molecule has 1 aromatic heterocycles. The molecule has 0 saturated heterocycles. The van der Waals surface area contributed by atoms with Gasteiger partial charge in [0.15, 0.2) is 0 Å². The number of hydrogen-bond donors (Lipinski definition) is 0. The Bertz CT molecular complexity index is 3140. The van der Waals surface area contributed by atoms with Crippen LogP contribution in [0.4, 0.5) is 17.1 Å². The van der Waals surface area contributed by atoms with Crippen molar-refractivity contribution < 1.29 is 4.42 Å². The van der Waals surface area contributed by atoms with Crippen LogP contribution in [0.3, 0.4) is 0 Å². The third-order valence-electron chi connectivity index (χ3n) is 13.7. The molecule has 2 heteroatoms. The van der Waals surface area contributed by atoms with Gasteiger partial charge in [0.1, 0.15) is 11.2 Å². The zero-order valence-electron chi connectivity index (χ0n) is 33.6. The summed E-state index contributed by atoms with van der Waals surface area (Å²) in [6, 6.07) is 78.0. The van der Waals surface area contributed by atoms with Crippen molar-refractivity contribution in [3.05, 3.63) is 246 Å². The Morgan fingerprint density at radius 2 is 0.783 bits per heavy atom. The van der Waals surface area contributed by atoms with Crippen LogP contribution in [0.1, 0.15) is 47.2 Å². The van der Waals surface area contributed by atoms with Crippen LogP contribution in [0.15, 0.2) is 217 Å². The van der Waals surface area contributed by atoms with E-state index >= 15 is 0 Å². The van der Waals surface area contributed by atoms with Crippen molar-refractivity contribution in [3.8, 4) is 33.4 Å². The molecule has 12 rings (SSSR count). The minimum atomic E-state index is -0.320. The molecule has 0 radical (unpaired) electrons. The smallest absolute Gasteiger partial charge is 0.136 e. The van der Waals surface area contributed by atoms with Gasteiger partial charge in [-0.1, -0.05) is 158 Å². The predicted molar refractivity (Wildman–Crippen MR) is 249 cm³/mol. The summed E-state index contributed by atoms with van der Waals surface area (Å²) in [4.78, 5) is 2.45. The third-order valence-corrected chi connectivity index (χ3v) is 13.7. The minimum absolute atomic E-state index is 0.320. The Balaban J connectivity index is 1.04. The fraction of sp³-hybridized carbons (Fsp3) is 0.0690. The maximum Gasteiger partial charge on any atom is 0.136 e. The summed E-state index contributed by atoms with van der Waals surface area (Å²) < 4.78 is 6.30. The van der Waals surface area contributed by atoms with E-state index in [1.54, 1.807) is 0 Å². The normalized spacial score (nSPS) is 17.3. The van der Waals surface area contributed by atoms with E-state index in [4.69, 9.17) is 4.42 Å². The molecule has 2 unspecified atom stereocenters. The molecule has 0 spiro atoms. The summed E-state index contributed by atoms with van der Waals surface area (Å²) >= 11 is 0. The van der Waals surface area contributed by atoms with Crippen LogP contribution in [0, 0.1) is 0 Å². The first-order valence-corrected chi connectivity index (χ1v) is 20.9. The lowest BCUT2D eigenvalue weighted by Gasteiger charge is -2.32.